The lowest BCUT2D eigenvalue weighted by atomic mass is 10.1. The minimum absolute atomic E-state index is 0.272. The van der Waals surface area contributed by atoms with Gasteiger partial charge in [-0.25, -0.2) is 0 Å². The van der Waals surface area contributed by atoms with Gasteiger partial charge in [-0.15, -0.1) is 0 Å². The molecule has 16 heavy (non-hydrogen) atoms. The van der Waals surface area contributed by atoms with Gasteiger partial charge in [-0.1, -0.05) is 18.2 Å². The Balaban J connectivity index is 2.82. The first kappa shape index (κ1) is 13.9. The van der Waals surface area contributed by atoms with Crippen LogP contribution < -0.4 is 5.32 Å². The Labute approximate surface area is 112 Å². The second-order valence-electron chi connectivity index (χ2n) is 4.20. The summed E-state index contributed by atoms with van der Waals surface area (Å²) in [7, 11) is 1.98. The highest BCUT2D eigenvalue weighted by Crippen LogP contribution is 2.23. The van der Waals surface area contributed by atoms with E-state index in [1.807, 2.05) is 7.05 Å². The SMILES string of the molecule is CNC(COC(C)C)c1cccc(C)c1I. The van der Waals surface area contributed by atoms with E-state index in [1.165, 1.54) is 14.7 Å². The lowest BCUT2D eigenvalue weighted by molar-refractivity contribution is 0.0625. The molecule has 0 saturated carbocycles. The first-order valence-corrected chi connectivity index (χ1v) is 6.68. The smallest absolute Gasteiger partial charge is 0.0665 e. The molecule has 0 saturated heterocycles. The van der Waals surface area contributed by atoms with Crippen molar-refractivity contribution in [2.24, 2.45) is 0 Å². The second kappa shape index (κ2) is 6.57. The molecule has 0 aromatic heterocycles. The van der Waals surface area contributed by atoms with Gasteiger partial charge in [-0.05, 0) is 61.5 Å². The van der Waals surface area contributed by atoms with Crippen LogP contribution in [0, 0.1) is 10.5 Å². The summed E-state index contributed by atoms with van der Waals surface area (Å²) in [5.74, 6) is 0. The largest absolute Gasteiger partial charge is 0.377 e. The van der Waals surface area contributed by atoms with Gasteiger partial charge in [0.1, 0.15) is 0 Å². The topological polar surface area (TPSA) is 21.3 Å². The van der Waals surface area contributed by atoms with Crippen LogP contribution in [0.15, 0.2) is 18.2 Å². The predicted molar refractivity (Wildman–Crippen MR) is 76.8 cm³/mol. The lowest BCUT2D eigenvalue weighted by Crippen LogP contribution is -2.24. The highest BCUT2D eigenvalue weighted by Gasteiger charge is 2.14. The van der Waals surface area contributed by atoms with Gasteiger partial charge in [0, 0.05) is 3.57 Å². The van der Waals surface area contributed by atoms with Gasteiger partial charge < -0.3 is 10.1 Å². The second-order valence-corrected chi connectivity index (χ2v) is 5.28. The number of halogens is 1. The molecular weight excluding hydrogens is 313 g/mol. The maximum Gasteiger partial charge on any atom is 0.0665 e. The molecule has 0 aliphatic rings. The van der Waals surface area contributed by atoms with E-state index in [0.29, 0.717) is 6.61 Å². The third-order valence-electron chi connectivity index (χ3n) is 2.54. The summed E-state index contributed by atoms with van der Waals surface area (Å²) in [5.41, 5.74) is 2.65. The van der Waals surface area contributed by atoms with Crippen molar-refractivity contribution in [1.29, 1.82) is 0 Å². The minimum atomic E-state index is 0.272. The van der Waals surface area contributed by atoms with Gasteiger partial charge in [0.05, 0.1) is 18.8 Å². The van der Waals surface area contributed by atoms with E-state index in [4.69, 9.17) is 4.74 Å². The van der Waals surface area contributed by atoms with E-state index in [1.54, 1.807) is 0 Å². The normalized spacial score (nSPS) is 13.1. The Morgan fingerprint density at radius 2 is 2.06 bits per heavy atom. The van der Waals surface area contributed by atoms with Crippen LogP contribution in [0.3, 0.4) is 0 Å². The Morgan fingerprint density at radius 3 is 2.62 bits per heavy atom. The maximum atomic E-state index is 5.68. The highest BCUT2D eigenvalue weighted by atomic mass is 127. The molecule has 1 N–H and O–H groups in total. The number of nitrogens with one attached hydrogen (secondary N) is 1. The van der Waals surface area contributed by atoms with Crippen LogP contribution in [-0.4, -0.2) is 19.8 Å². The third kappa shape index (κ3) is 3.71. The summed E-state index contributed by atoms with van der Waals surface area (Å²) >= 11 is 2.40. The zero-order chi connectivity index (χ0) is 12.1. The average Bonchev–Trinajstić information content (AvgIpc) is 2.24. The fraction of sp³-hybridized carbons (Fsp3) is 0.538. The minimum Gasteiger partial charge on any atom is -0.377 e. The molecule has 1 unspecified atom stereocenters. The van der Waals surface area contributed by atoms with Gasteiger partial charge in [0.15, 0.2) is 0 Å². The summed E-state index contributed by atoms with van der Waals surface area (Å²) in [6.07, 6.45) is 0.276. The Bertz CT molecular complexity index is 339. The molecule has 0 spiro atoms. The van der Waals surface area contributed by atoms with Crippen LogP contribution in [0.5, 0.6) is 0 Å². The number of hydrogen-bond donors (Lipinski definition) is 1. The van der Waals surface area contributed by atoms with E-state index in [2.05, 4.69) is 66.9 Å². The summed E-state index contributed by atoms with van der Waals surface area (Å²) < 4.78 is 7.00. The lowest BCUT2D eigenvalue weighted by Gasteiger charge is -2.20. The van der Waals surface area contributed by atoms with Crippen LogP contribution >= 0.6 is 22.6 Å². The van der Waals surface area contributed by atoms with Crippen molar-refractivity contribution >= 4 is 22.6 Å². The molecule has 0 bridgehead atoms. The Hall–Kier alpha value is -0.130. The number of likely N-dealkylation sites (N-methyl/N-ethyl adjacent to an activating group) is 1. The molecule has 2 nitrogen and oxygen atoms in total. The molecule has 0 heterocycles. The zero-order valence-electron chi connectivity index (χ0n) is 10.4. The number of aryl methyl sites for hydroxylation is 1. The molecule has 1 rings (SSSR count). The summed E-state index contributed by atoms with van der Waals surface area (Å²) in [6.45, 7) is 6.98. The molecule has 1 atom stereocenters. The van der Waals surface area contributed by atoms with Crippen molar-refractivity contribution in [2.75, 3.05) is 13.7 Å². The summed E-state index contributed by atoms with van der Waals surface area (Å²) in [4.78, 5) is 0. The van der Waals surface area contributed by atoms with Crippen LogP contribution in [-0.2, 0) is 4.74 Å². The van der Waals surface area contributed by atoms with Crippen LogP contribution in [0.25, 0.3) is 0 Å². The standard InChI is InChI=1S/C13H20INO/c1-9(2)16-8-12(15-4)11-7-5-6-10(3)13(11)14/h5-7,9,12,15H,8H2,1-4H3. The third-order valence-corrected chi connectivity index (χ3v) is 4.02. The van der Waals surface area contributed by atoms with E-state index in [-0.39, 0.29) is 12.1 Å². The van der Waals surface area contributed by atoms with Gasteiger partial charge >= 0.3 is 0 Å². The number of ether oxygens (including phenoxy) is 1. The van der Waals surface area contributed by atoms with Gasteiger partial charge in [-0.2, -0.15) is 0 Å². The quantitative estimate of drug-likeness (QED) is 0.835. The number of benzene rings is 1. The van der Waals surface area contributed by atoms with Crippen molar-refractivity contribution in [1.82, 2.24) is 5.32 Å². The number of rotatable bonds is 5. The molecule has 0 aliphatic heterocycles. The number of hydrogen-bond acceptors (Lipinski definition) is 2. The zero-order valence-corrected chi connectivity index (χ0v) is 12.5. The molecule has 0 amide bonds. The fourth-order valence-electron chi connectivity index (χ4n) is 1.56. The molecule has 0 radical (unpaired) electrons. The van der Waals surface area contributed by atoms with Gasteiger partial charge in [0.25, 0.3) is 0 Å². The van der Waals surface area contributed by atoms with Crippen molar-refractivity contribution in [3.8, 4) is 0 Å². The first-order chi connectivity index (χ1) is 7.56. The molecule has 3 heteroatoms. The van der Waals surface area contributed by atoms with E-state index in [9.17, 15) is 0 Å². The molecule has 0 aliphatic carbocycles. The molecule has 1 aromatic carbocycles. The maximum absolute atomic E-state index is 5.68. The Kier molecular flexibility index (Phi) is 5.72. The predicted octanol–water partition coefficient (Wildman–Crippen LogP) is 3.29. The average molecular weight is 333 g/mol. The molecule has 1 aromatic rings. The van der Waals surface area contributed by atoms with Gasteiger partial charge in [-0.3, -0.25) is 0 Å². The Morgan fingerprint density at radius 1 is 1.38 bits per heavy atom. The van der Waals surface area contributed by atoms with Crippen molar-refractivity contribution in [3.05, 3.63) is 32.9 Å². The first-order valence-electron chi connectivity index (χ1n) is 5.60. The van der Waals surface area contributed by atoms with E-state index >= 15 is 0 Å². The molecule has 90 valence electrons. The summed E-state index contributed by atoms with van der Waals surface area (Å²) in [6, 6.07) is 6.68. The van der Waals surface area contributed by atoms with Crippen LogP contribution in [0.2, 0.25) is 0 Å². The fourth-order valence-corrected chi connectivity index (χ4v) is 2.29. The van der Waals surface area contributed by atoms with Crippen molar-refractivity contribution in [3.63, 3.8) is 0 Å². The van der Waals surface area contributed by atoms with E-state index in [0.717, 1.165) is 0 Å². The van der Waals surface area contributed by atoms with E-state index < -0.39 is 0 Å². The molecule has 0 fully saturated rings. The monoisotopic (exact) mass is 333 g/mol. The molecular formula is C13H20INO. The van der Waals surface area contributed by atoms with Crippen molar-refractivity contribution in [2.45, 2.75) is 32.9 Å². The van der Waals surface area contributed by atoms with Gasteiger partial charge in [0.2, 0.25) is 0 Å². The summed E-state index contributed by atoms with van der Waals surface area (Å²) in [5, 5.41) is 3.31. The van der Waals surface area contributed by atoms with Crippen LogP contribution in [0.4, 0.5) is 0 Å². The van der Waals surface area contributed by atoms with Crippen LogP contribution in [0.1, 0.15) is 31.0 Å². The highest BCUT2D eigenvalue weighted by molar-refractivity contribution is 14.1. The van der Waals surface area contributed by atoms with Crippen molar-refractivity contribution < 1.29 is 4.74 Å².